The van der Waals surface area contributed by atoms with E-state index < -0.39 is 0 Å². The van der Waals surface area contributed by atoms with Crippen LogP contribution >= 0.6 is 0 Å². The van der Waals surface area contributed by atoms with Gasteiger partial charge in [-0.15, -0.1) is 0 Å². The summed E-state index contributed by atoms with van der Waals surface area (Å²) in [6.07, 6.45) is 2.30. The van der Waals surface area contributed by atoms with Gasteiger partial charge in [0.2, 0.25) is 0 Å². The number of aliphatic hydroxyl groups excluding tert-OH is 1. The number of aryl methyl sites for hydroxylation is 1. The molecule has 0 aliphatic carbocycles. The van der Waals surface area contributed by atoms with Crippen molar-refractivity contribution in [3.05, 3.63) is 51.8 Å². The normalized spacial score (nSPS) is 18.1. The highest BCUT2D eigenvalue weighted by Crippen LogP contribution is 2.36. The summed E-state index contributed by atoms with van der Waals surface area (Å²) in [5.41, 5.74) is 6.18. The molecule has 2 aromatic rings. The molecule has 3 heterocycles. The zero-order valence-corrected chi connectivity index (χ0v) is 17.7. The fourth-order valence-electron chi connectivity index (χ4n) is 4.34. The van der Waals surface area contributed by atoms with Crippen LogP contribution in [-0.2, 0) is 11.2 Å². The largest absolute Gasteiger partial charge is 0.396 e. The first kappa shape index (κ1) is 20.4. The number of carbonyl (C=O) groups is 2. The van der Waals surface area contributed by atoms with Gasteiger partial charge in [0, 0.05) is 55.4 Å². The van der Waals surface area contributed by atoms with Crippen molar-refractivity contribution in [3.63, 3.8) is 0 Å². The maximum atomic E-state index is 13.2. The number of H-pyrrole nitrogens is 1. The van der Waals surface area contributed by atoms with Crippen molar-refractivity contribution >= 4 is 29.2 Å². The highest BCUT2D eigenvalue weighted by atomic mass is 16.3. The standard InChI is InChI=1S/C23H28N4O3/c1-14-19(24-15(2)20(14)23(30)27-10-8-26(3)9-11-27)13-17-21-16(7-12-28)5-4-6-18(21)25-22(17)29/h4-6,13,24,28H,7-12H2,1-3H3,(H,25,29). The van der Waals surface area contributed by atoms with Crippen LogP contribution in [0.4, 0.5) is 5.69 Å². The second-order valence-electron chi connectivity index (χ2n) is 8.08. The van der Waals surface area contributed by atoms with E-state index in [0.717, 1.165) is 59.9 Å². The minimum Gasteiger partial charge on any atom is -0.396 e. The van der Waals surface area contributed by atoms with E-state index in [1.165, 1.54) is 0 Å². The summed E-state index contributed by atoms with van der Waals surface area (Å²) in [6.45, 7) is 7.02. The van der Waals surface area contributed by atoms with Gasteiger partial charge in [-0.05, 0) is 50.6 Å². The summed E-state index contributed by atoms with van der Waals surface area (Å²) >= 11 is 0. The summed E-state index contributed by atoms with van der Waals surface area (Å²) < 4.78 is 0. The van der Waals surface area contributed by atoms with E-state index in [0.29, 0.717) is 17.6 Å². The van der Waals surface area contributed by atoms with Gasteiger partial charge < -0.3 is 25.2 Å². The Labute approximate surface area is 176 Å². The third kappa shape index (κ3) is 3.55. The number of nitrogens with zero attached hydrogens (tertiary/aromatic N) is 2. The minimum atomic E-state index is -0.172. The van der Waals surface area contributed by atoms with Crippen LogP contribution in [0.2, 0.25) is 0 Å². The molecule has 1 fully saturated rings. The van der Waals surface area contributed by atoms with E-state index >= 15 is 0 Å². The molecule has 0 unspecified atom stereocenters. The van der Waals surface area contributed by atoms with E-state index in [4.69, 9.17) is 0 Å². The molecule has 0 saturated carbocycles. The molecule has 1 aromatic heterocycles. The van der Waals surface area contributed by atoms with Crippen molar-refractivity contribution < 1.29 is 14.7 Å². The summed E-state index contributed by atoms with van der Waals surface area (Å²) in [5, 5.41) is 12.3. The third-order valence-corrected chi connectivity index (χ3v) is 6.06. The van der Waals surface area contributed by atoms with Crippen molar-refractivity contribution in [1.29, 1.82) is 0 Å². The monoisotopic (exact) mass is 408 g/mol. The first-order valence-corrected chi connectivity index (χ1v) is 10.3. The molecule has 1 saturated heterocycles. The molecule has 0 atom stereocenters. The first-order valence-electron chi connectivity index (χ1n) is 10.3. The Bertz CT molecular complexity index is 1030. The number of aromatic amines is 1. The van der Waals surface area contributed by atoms with Gasteiger partial charge in [0.25, 0.3) is 11.8 Å². The van der Waals surface area contributed by atoms with Crippen LogP contribution in [0.3, 0.4) is 0 Å². The van der Waals surface area contributed by atoms with Gasteiger partial charge in [0.05, 0.1) is 11.1 Å². The Morgan fingerprint density at radius 1 is 1.20 bits per heavy atom. The van der Waals surface area contributed by atoms with Gasteiger partial charge in [-0.25, -0.2) is 0 Å². The number of fused-ring (bicyclic) bond motifs is 1. The van der Waals surface area contributed by atoms with Crippen LogP contribution < -0.4 is 5.32 Å². The van der Waals surface area contributed by atoms with Gasteiger partial charge >= 0.3 is 0 Å². The van der Waals surface area contributed by atoms with Gasteiger partial charge in [0.1, 0.15) is 0 Å². The van der Waals surface area contributed by atoms with Crippen molar-refractivity contribution in [2.75, 3.05) is 45.2 Å². The lowest BCUT2D eigenvalue weighted by atomic mass is 9.97. The molecule has 4 rings (SSSR count). The molecule has 7 nitrogen and oxygen atoms in total. The zero-order valence-electron chi connectivity index (χ0n) is 17.7. The number of hydrogen-bond acceptors (Lipinski definition) is 4. The number of amides is 2. The predicted molar refractivity (Wildman–Crippen MR) is 117 cm³/mol. The molecule has 3 N–H and O–H groups in total. The fourth-order valence-corrected chi connectivity index (χ4v) is 4.34. The summed E-state index contributed by atoms with van der Waals surface area (Å²) in [7, 11) is 2.06. The number of piperazine rings is 1. The number of nitrogens with one attached hydrogen (secondary N) is 2. The number of aromatic nitrogens is 1. The molecule has 2 amide bonds. The molecule has 1 aromatic carbocycles. The van der Waals surface area contributed by atoms with Crippen LogP contribution in [0.1, 0.15) is 38.4 Å². The number of benzene rings is 1. The first-order chi connectivity index (χ1) is 14.4. The van der Waals surface area contributed by atoms with Crippen molar-refractivity contribution in [2.45, 2.75) is 20.3 Å². The SMILES string of the molecule is Cc1[nH]c(C=C2C(=O)Nc3cccc(CCO)c32)c(C)c1C(=O)N1CCN(C)CC1. The van der Waals surface area contributed by atoms with Crippen LogP contribution in [0, 0.1) is 13.8 Å². The van der Waals surface area contributed by atoms with Gasteiger partial charge in [-0.3, -0.25) is 9.59 Å². The number of anilines is 1. The lowest BCUT2D eigenvalue weighted by Gasteiger charge is -2.32. The lowest BCUT2D eigenvalue weighted by Crippen LogP contribution is -2.47. The van der Waals surface area contributed by atoms with E-state index in [-0.39, 0.29) is 18.4 Å². The third-order valence-electron chi connectivity index (χ3n) is 6.06. The maximum absolute atomic E-state index is 13.2. The average molecular weight is 409 g/mol. The van der Waals surface area contributed by atoms with Gasteiger partial charge in [0.15, 0.2) is 0 Å². The molecular weight excluding hydrogens is 380 g/mol. The average Bonchev–Trinajstić information content (AvgIpc) is 3.18. The topological polar surface area (TPSA) is 88.7 Å². The second-order valence-corrected chi connectivity index (χ2v) is 8.08. The highest BCUT2D eigenvalue weighted by Gasteiger charge is 2.29. The number of aliphatic hydroxyl groups is 1. The second kappa shape index (κ2) is 8.08. The molecule has 2 aliphatic heterocycles. The zero-order chi connectivity index (χ0) is 21.4. The quantitative estimate of drug-likeness (QED) is 0.676. The van der Waals surface area contributed by atoms with Crippen LogP contribution in [0.5, 0.6) is 0 Å². The smallest absolute Gasteiger partial charge is 0.256 e. The van der Waals surface area contributed by atoms with Crippen LogP contribution in [0.15, 0.2) is 18.2 Å². The van der Waals surface area contributed by atoms with Gasteiger partial charge in [-0.2, -0.15) is 0 Å². The Morgan fingerprint density at radius 2 is 1.93 bits per heavy atom. The number of likely N-dealkylation sites (N-methyl/N-ethyl adjacent to an activating group) is 1. The van der Waals surface area contributed by atoms with Crippen LogP contribution in [-0.4, -0.2) is 71.5 Å². The highest BCUT2D eigenvalue weighted by molar-refractivity contribution is 6.35. The molecule has 158 valence electrons. The summed E-state index contributed by atoms with van der Waals surface area (Å²) in [5.74, 6) is -0.134. The lowest BCUT2D eigenvalue weighted by molar-refractivity contribution is -0.110. The number of hydrogen-bond donors (Lipinski definition) is 3. The number of rotatable bonds is 4. The van der Waals surface area contributed by atoms with Crippen molar-refractivity contribution in [2.24, 2.45) is 0 Å². The molecule has 2 aliphatic rings. The fraction of sp³-hybridized carbons (Fsp3) is 0.391. The van der Waals surface area contributed by atoms with E-state index in [9.17, 15) is 14.7 Å². The van der Waals surface area contributed by atoms with E-state index in [2.05, 4.69) is 22.2 Å². The maximum Gasteiger partial charge on any atom is 0.256 e. The summed E-state index contributed by atoms with van der Waals surface area (Å²) in [6, 6.07) is 5.67. The Kier molecular flexibility index (Phi) is 5.49. The van der Waals surface area contributed by atoms with Crippen molar-refractivity contribution in [1.82, 2.24) is 14.8 Å². The molecular formula is C23H28N4O3. The van der Waals surface area contributed by atoms with Crippen LogP contribution in [0.25, 0.3) is 11.6 Å². The van der Waals surface area contributed by atoms with Crippen molar-refractivity contribution in [3.8, 4) is 0 Å². The molecule has 7 heteroatoms. The molecule has 0 radical (unpaired) electrons. The number of carbonyl (C=O) groups excluding carboxylic acids is 2. The molecule has 30 heavy (non-hydrogen) atoms. The molecule has 0 spiro atoms. The van der Waals surface area contributed by atoms with E-state index in [1.54, 1.807) is 0 Å². The minimum absolute atomic E-state index is 0.0161. The Morgan fingerprint density at radius 3 is 2.63 bits per heavy atom. The Balaban J connectivity index is 1.71. The summed E-state index contributed by atoms with van der Waals surface area (Å²) in [4.78, 5) is 33.3. The van der Waals surface area contributed by atoms with E-state index in [1.807, 2.05) is 43.0 Å². The predicted octanol–water partition coefficient (Wildman–Crippen LogP) is 2.05. The van der Waals surface area contributed by atoms with Gasteiger partial charge in [-0.1, -0.05) is 12.1 Å². The molecule has 0 bridgehead atoms. The Hall–Kier alpha value is -2.90.